The van der Waals surface area contributed by atoms with Gasteiger partial charge in [0.2, 0.25) is 0 Å². The second-order valence-electron chi connectivity index (χ2n) is 4.32. The molecule has 90 valence electrons. The van der Waals surface area contributed by atoms with Crippen LogP contribution in [0, 0.1) is 5.82 Å². The molecular formula is C12H15FN4. The standard InChI is InChI=1S/C12H15FN4/c1-7(2)10-11(16-17(3)12(10)14)8-4-9(13)6-15-5-8/h4-7H,14H2,1-3H3. The molecule has 2 aromatic rings. The van der Waals surface area contributed by atoms with Gasteiger partial charge in [-0.15, -0.1) is 0 Å². The first-order valence-electron chi connectivity index (χ1n) is 5.44. The molecule has 2 heterocycles. The van der Waals surface area contributed by atoms with Crippen molar-refractivity contribution in [3.8, 4) is 11.3 Å². The van der Waals surface area contributed by atoms with Crippen molar-refractivity contribution >= 4 is 5.82 Å². The van der Waals surface area contributed by atoms with Crippen molar-refractivity contribution in [3.05, 3.63) is 29.8 Å². The number of nitrogen functional groups attached to an aromatic ring is 1. The normalized spacial score (nSPS) is 11.1. The topological polar surface area (TPSA) is 56.7 Å². The zero-order valence-corrected chi connectivity index (χ0v) is 10.1. The molecular weight excluding hydrogens is 219 g/mol. The van der Waals surface area contributed by atoms with E-state index in [0.29, 0.717) is 17.1 Å². The third-order valence-electron chi connectivity index (χ3n) is 2.69. The molecule has 17 heavy (non-hydrogen) atoms. The molecule has 2 aromatic heterocycles. The van der Waals surface area contributed by atoms with Crippen molar-refractivity contribution < 1.29 is 4.39 Å². The van der Waals surface area contributed by atoms with Crippen LogP contribution in [0.15, 0.2) is 18.5 Å². The smallest absolute Gasteiger partial charge is 0.142 e. The van der Waals surface area contributed by atoms with Gasteiger partial charge in [0.25, 0.3) is 0 Å². The lowest BCUT2D eigenvalue weighted by Gasteiger charge is -2.06. The maximum atomic E-state index is 13.2. The van der Waals surface area contributed by atoms with Crippen LogP contribution in [0.3, 0.4) is 0 Å². The first kappa shape index (κ1) is 11.6. The monoisotopic (exact) mass is 234 g/mol. The fourth-order valence-electron chi connectivity index (χ4n) is 1.88. The van der Waals surface area contributed by atoms with Gasteiger partial charge in [0.05, 0.1) is 11.9 Å². The van der Waals surface area contributed by atoms with E-state index in [1.54, 1.807) is 17.9 Å². The van der Waals surface area contributed by atoms with Crippen LogP contribution in [0.2, 0.25) is 0 Å². The minimum absolute atomic E-state index is 0.224. The van der Waals surface area contributed by atoms with Crippen molar-refractivity contribution in [1.29, 1.82) is 0 Å². The zero-order valence-electron chi connectivity index (χ0n) is 10.1. The number of nitrogens with two attached hydrogens (primary N) is 1. The van der Waals surface area contributed by atoms with Gasteiger partial charge < -0.3 is 5.73 Å². The van der Waals surface area contributed by atoms with E-state index in [1.807, 2.05) is 13.8 Å². The summed E-state index contributed by atoms with van der Waals surface area (Å²) in [5.41, 5.74) is 8.25. The van der Waals surface area contributed by atoms with Crippen LogP contribution in [0.1, 0.15) is 25.3 Å². The van der Waals surface area contributed by atoms with Crippen molar-refractivity contribution in [2.24, 2.45) is 7.05 Å². The van der Waals surface area contributed by atoms with E-state index in [-0.39, 0.29) is 11.7 Å². The number of rotatable bonds is 2. The average molecular weight is 234 g/mol. The molecule has 0 atom stereocenters. The van der Waals surface area contributed by atoms with Crippen molar-refractivity contribution in [1.82, 2.24) is 14.8 Å². The number of hydrogen-bond acceptors (Lipinski definition) is 3. The largest absolute Gasteiger partial charge is 0.384 e. The Morgan fingerprint density at radius 2 is 2.06 bits per heavy atom. The third-order valence-corrected chi connectivity index (χ3v) is 2.69. The van der Waals surface area contributed by atoms with E-state index < -0.39 is 0 Å². The fourth-order valence-corrected chi connectivity index (χ4v) is 1.88. The second-order valence-corrected chi connectivity index (χ2v) is 4.32. The summed E-state index contributed by atoms with van der Waals surface area (Å²) in [7, 11) is 1.78. The number of anilines is 1. The lowest BCUT2D eigenvalue weighted by atomic mass is 9.99. The molecule has 0 radical (unpaired) electrons. The van der Waals surface area contributed by atoms with Crippen LogP contribution in [-0.2, 0) is 7.05 Å². The highest BCUT2D eigenvalue weighted by Crippen LogP contribution is 2.32. The predicted octanol–water partition coefficient (Wildman–Crippen LogP) is 2.33. The SMILES string of the molecule is CC(C)c1c(-c2cncc(F)c2)nn(C)c1N. The maximum absolute atomic E-state index is 13.2. The van der Waals surface area contributed by atoms with Crippen LogP contribution >= 0.6 is 0 Å². The van der Waals surface area contributed by atoms with E-state index in [9.17, 15) is 4.39 Å². The molecule has 0 bridgehead atoms. The molecule has 0 aliphatic carbocycles. The summed E-state index contributed by atoms with van der Waals surface area (Å²) < 4.78 is 14.8. The Morgan fingerprint density at radius 1 is 1.35 bits per heavy atom. The third kappa shape index (κ3) is 2.00. The van der Waals surface area contributed by atoms with Gasteiger partial charge in [0.15, 0.2) is 0 Å². The van der Waals surface area contributed by atoms with E-state index in [1.165, 1.54) is 12.3 Å². The Kier molecular flexibility index (Phi) is 2.83. The number of halogens is 1. The maximum Gasteiger partial charge on any atom is 0.142 e. The van der Waals surface area contributed by atoms with Gasteiger partial charge >= 0.3 is 0 Å². The molecule has 0 spiro atoms. The summed E-state index contributed by atoms with van der Waals surface area (Å²) in [6.07, 6.45) is 2.77. The van der Waals surface area contributed by atoms with Crippen LogP contribution < -0.4 is 5.73 Å². The highest BCUT2D eigenvalue weighted by atomic mass is 19.1. The number of aryl methyl sites for hydroxylation is 1. The molecule has 0 saturated heterocycles. The second kappa shape index (κ2) is 4.16. The summed E-state index contributed by atoms with van der Waals surface area (Å²) >= 11 is 0. The summed E-state index contributed by atoms with van der Waals surface area (Å²) in [5, 5.41) is 4.33. The van der Waals surface area contributed by atoms with Gasteiger partial charge in [-0.1, -0.05) is 13.8 Å². The van der Waals surface area contributed by atoms with Gasteiger partial charge in [-0.05, 0) is 12.0 Å². The molecule has 2 N–H and O–H groups in total. The first-order valence-corrected chi connectivity index (χ1v) is 5.44. The summed E-state index contributed by atoms with van der Waals surface area (Å²) in [5.74, 6) is 0.461. The van der Waals surface area contributed by atoms with E-state index in [2.05, 4.69) is 10.1 Å². The van der Waals surface area contributed by atoms with Crippen LogP contribution in [0.4, 0.5) is 10.2 Å². The summed E-state index contributed by atoms with van der Waals surface area (Å²) in [4.78, 5) is 3.83. The molecule has 2 rings (SSSR count). The van der Waals surface area contributed by atoms with Crippen molar-refractivity contribution in [2.75, 3.05) is 5.73 Å². The van der Waals surface area contributed by atoms with Gasteiger partial charge in [-0.25, -0.2) is 4.39 Å². The molecule has 0 aliphatic heterocycles. The van der Waals surface area contributed by atoms with Crippen LogP contribution in [0.25, 0.3) is 11.3 Å². The molecule has 5 heteroatoms. The number of nitrogens with zero attached hydrogens (tertiary/aromatic N) is 3. The van der Waals surface area contributed by atoms with E-state index in [4.69, 9.17) is 5.73 Å². The molecule has 0 amide bonds. The molecule has 0 unspecified atom stereocenters. The van der Waals surface area contributed by atoms with Gasteiger partial charge in [-0.2, -0.15) is 5.10 Å². The van der Waals surface area contributed by atoms with Crippen LogP contribution in [0.5, 0.6) is 0 Å². The number of aromatic nitrogens is 3. The van der Waals surface area contributed by atoms with Crippen molar-refractivity contribution in [3.63, 3.8) is 0 Å². The van der Waals surface area contributed by atoms with E-state index in [0.717, 1.165) is 5.56 Å². The van der Waals surface area contributed by atoms with E-state index >= 15 is 0 Å². The highest BCUT2D eigenvalue weighted by Gasteiger charge is 2.18. The Morgan fingerprint density at radius 3 is 2.65 bits per heavy atom. The fraction of sp³-hybridized carbons (Fsp3) is 0.333. The average Bonchev–Trinajstić information content (AvgIpc) is 2.55. The van der Waals surface area contributed by atoms with Gasteiger partial charge in [0.1, 0.15) is 11.6 Å². The minimum Gasteiger partial charge on any atom is -0.384 e. The molecule has 0 saturated carbocycles. The summed E-state index contributed by atoms with van der Waals surface area (Å²) in [6, 6.07) is 1.42. The molecule has 0 fully saturated rings. The van der Waals surface area contributed by atoms with Crippen LogP contribution in [-0.4, -0.2) is 14.8 Å². The molecule has 0 aromatic carbocycles. The van der Waals surface area contributed by atoms with Gasteiger partial charge in [0, 0.05) is 24.4 Å². The first-order chi connectivity index (χ1) is 8.00. The molecule has 0 aliphatic rings. The van der Waals surface area contributed by atoms with Crippen molar-refractivity contribution in [2.45, 2.75) is 19.8 Å². The Balaban J connectivity index is 2.63. The lowest BCUT2D eigenvalue weighted by molar-refractivity contribution is 0.621. The predicted molar refractivity (Wildman–Crippen MR) is 64.9 cm³/mol. The Bertz CT molecular complexity index is 545. The number of pyridine rings is 1. The number of hydrogen-bond donors (Lipinski definition) is 1. The lowest BCUT2D eigenvalue weighted by Crippen LogP contribution is -2.00. The molecule has 4 nitrogen and oxygen atoms in total. The van der Waals surface area contributed by atoms with Gasteiger partial charge in [-0.3, -0.25) is 9.67 Å². The minimum atomic E-state index is -0.374. The highest BCUT2D eigenvalue weighted by molar-refractivity contribution is 5.68. The Hall–Kier alpha value is -1.91. The Labute approximate surface area is 99.3 Å². The summed E-state index contributed by atoms with van der Waals surface area (Å²) in [6.45, 7) is 4.06. The quantitative estimate of drug-likeness (QED) is 0.867. The zero-order chi connectivity index (χ0) is 12.6.